The Morgan fingerprint density at radius 2 is 1.88 bits per heavy atom. The zero-order valence-corrected chi connectivity index (χ0v) is 24.8. The summed E-state index contributed by atoms with van der Waals surface area (Å²) in [4.78, 5) is 67.3. The molecule has 3 N–H and O–H groups in total. The smallest absolute Gasteiger partial charge is 0.290 e. The number of amides is 4. The Balaban J connectivity index is 1.47. The topological polar surface area (TPSA) is 164 Å². The van der Waals surface area contributed by atoms with Crippen LogP contribution in [0.1, 0.15) is 74.0 Å². The Morgan fingerprint density at radius 1 is 1.09 bits per heavy atom. The molecule has 0 aliphatic carbocycles. The second kappa shape index (κ2) is 13.0. The molecule has 14 heteroatoms. The molecule has 0 unspecified atom stereocenters. The van der Waals surface area contributed by atoms with Gasteiger partial charge in [0, 0.05) is 44.3 Å². The number of imidazole rings is 1. The van der Waals surface area contributed by atoms with Crippen molar-refractivity contribution in [2.45, 2.75) is 32.4 Å². The van der Waals surface area contributed by atoms with Crippen LogP contribution in [0.4, 0.5) is 0 Å². The molecule has 1 aliphatic heterocycles. The molecule has 224 valence electrons. The number of aryl methyl sites for hydroxylation is 1. The van der Waals surface area contributed by atoms with E-state index in [2.05, 4.69) is 30.9 Å². The zero-order chi connectivity index (χ0) is 30.5. The molecule has 0 spiro atoms. The highest BCUT2D eigenvalue weighted by Gasteiger charge is 2.29. The number of rotatable bonds is 4. The van der Waals surface area contributed by atoms with Gasteiger partial charge >= 0.3 is 0 Å². The van der Waals surface area contributed by atoms with Crippen molar-refractivity contribution in [3.05, 3.63) is 88.0 Å². The Kier molecular flexibility index (Phi) is 8.95. The highest BCUT2D eigenvalue weighted by atomic mass is 32.1. The van der Waals surface area contributed by atoms with E-state index in [1.165, 1.54) is 28.7 Å². The fourth-order valence-corrected chi connectivity index (χ4v) is 5.66. The Morgan fingerprint density at radius 3 is 2.60 bits per heavy atom. The van der Waals surface area contributed by atoms with Crippen molar-refractivity contribution in [2.24, 2.45) is 13.0 Å². The summed E-state index contributed by atoms with van der Waals surface area (Å²) in [7, 11) is 1.68. The highest BCUT2D eigenvalue weighted by Crippen LogP contribution is 2.26. The SMILES string of the molecule is CC(C)[C@@H]1NC(=O)CN(C(=O)c2nccn2C)CCNC(=O)c2coc(n2)[C@H](Cc2ccccc2)NC(=O)c2csc1n2. The lowest BCUT2D eigenvalue weighted by atomic mass is 10.0. The summed E-state index contributed by atoms with van der Waals surface area (Å²) in [5.41, 5.74) is 1.12. The predicted molar refractivity (Wildman–Crippen MR) is 156 cm³/mol. The van der Waals surface area contributed by atoms with Crippen molar-refractivity contribution in [2.75, 3.05) is 19.6 Å². The van der Waals surface area contributed by atoms with E-state index in [1.54, 1.807) is 23.2 Å². The lowest BCUT2D eigenvalue weighted by Gasteiger charge is -2.25. The summed E-state index contributed by atoms with van der Waals surface area (Å²) >= 11 is 1.26. The number of hydrogen-bond acceptors (Lipinski definition) is 9. The van der Waals surface area contributed by atoms with Crippen molar-refractivity contribution in [3.63, 3.8) is 0 Å². The van der Waals surface area contributed by atoms with E-state index >= 15 is 0 Å². The second-order valence-corrected chi connectivity index (χ2v) is 11.4. The Labute approximate surface area is 251 Å². The van der Waals surface area contributed by atoms with Gasteiger partial charge in [0.25, 0.3) is 17.7 Å². The first-order valence-corrected chi connectivity index (χ1v) is 14.7. The lowest BCUT2D eigenvalue weighted by Crippen LogP contribution is -2.46. The van der Waals surface area contributed by atoms with E-state index in [4.69, 9.17) is 4.42 Å². The number of aromatic nitrogens is 4. The van der Waals surface area contributed by atoms with Gasteiger partial charge in [0.2, 0.25) is 11.8 Å². The minimum atomic E-state index is -0.688. The molecular formula is C29H32N8O5S. The molecule has 0 saturated heterocycles. The predicted octanol–water partition coefficient (Wildman–Crippen LogP) is 2.28. The van der Waals surface area contributed by atoms with Crippen LogP contribution in [0.25, 0.3) is 0 Å². The summed E-state index contributed by atoms with van der Waals surface area (Å²) in [6, 6.07) is 8.32. The number of nitrogens with one attached hydrogen (secondary N) is 3. The molecule has 1 aromatic carbocycles. The van der Waals surface area contributed by atoms with Crippen LogP contribution in [0, 0.1) is 5.92 Å². The van der Waals surface area contributed by atoms with Crippen LogP contribution in [0.15, 0.2) is 58.8 Å². The average molecular weight is 605 g/mol. The van der Waals surface area contributed by atoms with E-state index in [9.17, 15) is 19.2 Å². The van der Waals surface area contributed by atoms with E-state index < -0.39 is 35.7 Å². The monoisotopic (exact) mass is 604 g/mol. The molecular weight excluding hydrogens is 572 g/mol. The number of carbonyl (C=O) groups excluding carboxylic acids is 4. The third kappa shape index (κ3) is 6.97. The van der Waals surface area contributed by atoms with Gasteiger partial charge in [-0.05, 0) is 11.5 Å². The molecule has 4 aromatic rings. The first-order valence-electron chi connectivity index (χ1n) is 13.8. The van der Waals surface area contributed by atoms with Crippen LogP contribution >= 0.6 is 11.3 Å². The lowest BCUT2D eigenvalue weighted by molar-refractivity contribution is -0.122. The number of nitrogens with zero attached hydrogens (tertiary/aromatic N) is 5. The fraction of sp³-hybridized carbons (Fsp3) is 0.345. The van der Waals surface area contributed by atoms with Gasteiger partial charge in [-0.25, -0.2) is 15.0 Å². The summed E-state index contributed by atoms with van der Waals surface area (Å²) in [6.07, 6.45) is 4.71. The van der Waals surface area contributed by atoms with E-state index in [0.29, 0.717) is 11.4 Å². The van der Waals surface area contributed by atoms with Gasteiger partial charge in [0.15, 0.2) is 11.5 Å². The van der Waals surface area contributed by atoms with E-state index in [1.807, 2.05) is 44.2 Å². The summed E-state index contributed by atoms with van der Waals surface area (Å²) in [5, 5.41) is 10.8. The minimum absolute atomic E-state index is 0.0128. The molecule has 4 bridgehead atoms. The zero-order valence-electron chi connectivity index (χ0n) is 23.9. The quantitative estimate of drug-likeness (QED) is 0.319. The molecule has 0 saturated carbocycles. The van der Waals surface area contributed by atoms with E-state index in [-0.39, 0.29) is 48.7 Å². The van der Waals surface area contributed by atoms with Crippen molar-refractivity contribution >= 4 is 35.0 Å². The minimum Gasteiger partial charge on any atom is -0.446 e. The maximum Gasteiger partial charge on any atom is 0.290 e. The van der Waals surface area contributed by atoms with Gasteiger partial charge in [-0.1, -0.05) is 44.2 Å². The van der Waals surface area contributed by atoms with Gasteiger partial charge in [0.05, 0.1) is 6.04 Å². The molecule has 13 nitrogen and oxygen atoms in total. The van der Waals surface area contributed by atoms with Gasteiger partial charge < -0.3 is 29.8 Å². The van der Waals surface area contributed by atoms with Gasteiger partial charge in [-0.2, -0.15) is 0 Å². The molecule has 4 amide bonds. The average Bonchev–Trinajstić information content (AvgIpc) is 3.76. The van der Waals surface area contributed by atoms with E-state index in [0.717, 1.165) is 5.56 Å². The number of oxazole rings is 1. The van der Waals surface area contributed by atoms with Gasteiger partial charge in [0.1, 0.15) is 29.6 Å². The van der Waals surface area contributed by atoms with Crippen LogP contribution in [0.2, 0.25) is 0 Å². The molecule has 2 atom stereocenters. The van der Waals surface area contributed by atoms with Crippen LogP contribution in [0.3, 0.4) is 0 Å². The number of benzene rings is 1. The molecule has 3 aromatic heterocycles. The Hall–Kier alpha value is -4.85. The fourth-order valence-electron chi connectivity index (χ4n) is 4.64. The first-order chi connectivity index (χ1) is 20.7. The maximum atomic E-state index is 13.4. The highest BCUT2D eigenvalue weighted by molar-refractivity contribution is 7.09. The maximum absolute atomic E-state index is 13.4. The third-order valence-corrected chi connectivity index (χ3v) is 7.87. The summed E-state index contributed by atoms with van der Waals surface area (Å²) in [5.74, 6) is -1.60. The largest absolute Gasteiger partial charge is 0.446 e. The molecule has 5 rings (SSSR count). The normalized spacial score (nSPS) is 18.4. The number of carbonyl (C=O) groups is 4. The van der Waals surface area contributed by atoms with Crippen LogP contribution in [-0.4, -0.2) is 67.7 Å². The molecule has 43 heavy (non-hydrogen) atoms. The molecule has 0 fully saturated rings. The van der Waals surface area contributed by atoms with Crippen molar-refractivity contribution in [1.82, 2.24) is 40.4 Å². The van der Waals surface area contributed by atoms with Crippen LogP contribution in [-0.2, 0) is 18.3 Å². The standard InChI is InChI=1S/C29H32N8O5S/c1-17(2)23-28-34-21(16-43-28)26(40)32-19(13-18-7-5-4-6-8-18)27-33-20(15-42-27)25(39)31-10-12-37(14-22(38)35-23)29(41)24-30-9-11-36(24)3/h4-9,11,15-17,19,23H,10,12-14H2,1-3H3,(H,31,39)(H,32,40)(H,35,38)/t19-,23-/m0/s1. The van der Waals surface area contributed by atoms with Crippen LogP contribution in [0.5, 0.6) is 0 Å². The van der Waals surface area contributed by atoms with Crippen molar-refractivity contribution in [1.29, 1.82) is 0 Å². The van der Waals surface area contributed by atoms with Gasteiger partial charge in [-0.15, -0.1) is 11.3 Å². The molecule has 0 radical (unpaired) electrons. The number of fused-ring (bicyclic) bond motifs is 4. The number of thiazole rings is 1. The Bertz CT molecular complexity index is 1610. The van der Waals surface area contributed by atoms with Gasteiger partial charge in [-0.3, -0.25) is 19.2 Å². The molecule has 1 aliphatic rings. The summed E-state index contributed by atoms with van der Waals surface area (Å²) in [6.45, 7) is 3.66. The second-order valence-electron chi connectivity index (χ2n) is 10.5. The molecule has 4 heterocycles. The number of hydrogen-bond donors (Lipinski definition) is 3. The first kappa shape index (κ1) is 29.6. The van der Waals surface area contributed by atoms with Crippen molar-refractivity contribution < 1.29 is 23.6 Å². The third-order valence-electron chi connectivity index (χ3n) is 6.95. The van der Waals surface area contributed by atoms with Crippen molar-refractivity contribution in [3.8, 4) is 0 Å². The van der Waals surface area contributed by atoms with Crippen LogP contribution < -0.4 is 16.0 Å². The summed E-state index contributed by atoms with van der Waals surface area (Å²) < 4.78 is 7.23.